The number of nitrogens with one attached hydrogen (secondary N) is 1. The molecule has 1 amide bonds. The Morgan fingerprint density at radius 1 is 1.30 bits per heavy atom. The van der Waals surface area contributed by atoms with E-state index in [1.165, 1.54) is 14.2 Å². The van der Waals surface area contributed by atoms with E-state index in [-0.39, 0.29) is 5.91 Å². The fraction of sp³-hybridized carbons (Fsp3) is 0.214. The molecule has 0 aliphatic heterocycles. The van der Waals surface area contributed by atoms with Crippen LogP contribution in [-0.2, 0) is 6.54 Å². The minimum Gasteiger partial charge on any atom is -0.493 e. The molecule has 0 saturated carbocycles. The van der Waals surface area contributed by atoms with E-state index in [1.54, 1.807) is 23.5 Å². The topological polar surface area (TPSA) is 73.6 Å². The zero-order chi connectivity index (χ0) is 14.5. The smallest absolute Gasteiger partial charge is 0.253 e. The van der Waals surface area contributed by atoms with Crippen molar-refractivity contribution in [2.24, 2.45) is 0 Å². The van der Waals surface area contributed by atoms with Gasteiger partial charge in [-0.3, -0.25) is 4.79 Å². The molecule has 2 rings (SSSR count). The highest BCUT2D eigenvalue weighted by Gasteiger charge is 2.15. The molecule has 3 N–H and O–H groups in total. The van der Waals surface area contributed by atoms with Gasteiger partial charge >= 0.3 is 0 Å². The average molecular weight is 292 g/mol. The molecule has 6 heteroatoms. The molecule has 0 radical (unpaired) electrons. The highest BCUT2D eigenvalue weighted by Crippen LogP contribution is 2.31. The SMILES string of the molecule is COc1cc(N)c(C(=O)NCc2cccs2)cc1OC. The Morgan fingerprint density at radius 3 is 2.60 bits per heavy atom. The highest BCUT2D eigenvalue weighted by atomic mass is 32.1. The van der Waals surface area contributed by atoms with Gasteiger partial charge in [0.15, 0.2) is 11.5 Å². The Bertz CT molecular complexity index is 597. The Morgan fingerprint density at radius 2 is 2.00 bits per heavy atom. The Kier molecular flexibility index (Phi) is 4.47. The van der Waals surface area contributed by atoms with Crippen LogP contribution >= 0.6 is 11.3 Å². The number of rotatable bonds is 5. The van der Waals surface area contributed by atoms with Gasteiger partial charge < -0.3 is 20.5 Å². The Labute approximate surface area is 121 Å². The second-order valence-corrected chi connectivity index (χ2v) is 5.09. The molecule has 0 unspecified atom stereocenters. The Balaban J connectivity index is 2.16. The van der Waals surface area contributed by atoms with Gasteiger partial charge in [0.2, 0.25) is 0 Å². The second-order valence-electron chi connectivity index (χ2n) is 4.06. The first kappa shape index (κ1) is 14.2. The van der Waals surface area contributed by atoms with Crippen LogP contribution in [0.4, 0.5) is 5.69 Å². The number of nitrogen functional groups attached to an aromatic ring is 1. The number of hydrogen-bond acceptors (Lipinski definition) is 5. The summed E-state index contributed by atoms with van der Waals surface area (Å²) in [5.41, 5.74) is 6.60. The fourth-order valence-electron chi connectivity index (χ4n) is 1.77. The van der Waals surface area contributed by atoms with Crippen LogP contribution in [0.25, 0.3) is 0 Å². The minimum atomic E-state index is -0.239. The summed E-state index contributed by atoms with van der Waals surface area (Å²) in [6.07, 6.45) is 0. The number of amides is 1. The van der Waals surface area contributed by atoms with Gasteiger partial charge in [-0.15, -0.1) is 11.3 Å². The molecular formula is C14H16N2O3S. The summed E-state index contributed by atoms with van der Waals surface area (Å²) in [4.78, 5) is 13.2. The van der Waals surface area contributed by atoms with Crippen molar-refractivity contribution in [1.29, 1.82) is 0 Å². The van der Waals surface area contributed by atoms with Gasteiger partial charge in [0, 0.05) is 16.6 Å². The van der Waals surface area contributed by atoms with E-state index in [4.69, 9.17) is 15.2 Å². The summed E-state index contributed by atoms with van der Waals surface area (Å²) in [6, 6.07) is 7.07. The monoisotopic (exact) mass is 292 g/mol. The van der Waals surface area contributed by atoms with E-state index in [0.29, 0.717) is 29.3 Å². The lowest BCUT2D eigenvalue weighted by atomic mass is 10.1. The molecule has 0 bridgehead atoms. The molecule has 20 heavy (non-hydrogen) atoms. The van der Waals surface area contributed by atoms with Crippen molar-refractivity contribution < 1.29 is 14.3 Å². The van der Waals surface area contributed by atoms with Crippen LogP contribution in [-0.4, -0.2) is 20.1 Å². The molecule has 0 fully saturated rings. The standard InChI is InChI=1S/C14H16N2O3S/c1-18-12-6-10(11(15)7-13(12)19-2)14(17)16-8-9-4-3-5-20-9/h3-7H,8,15H2,1-2H3,(H,16,17). The van der Waals surface area contributed by atoms with Gasteiger partial charge in [0.1, 0.15) is 0 Å². The van der Waals surface area contributed by atoms with Crippen LogP contribution in [0.1, 0.15) is 15.2 Å². The maximum Gasteiger partial charge on any atom is 0.253 e. The van der Waals surface area contributed by atoms with E-state index < -0.39 is 0 Å². The van der Waals surface area contributed by atoms with Gasteiger partial charge in [-0.25, -0.2) is 0 Å². The van der Waals surface area contributed by atoms with Gasteiger partial charge in [-0.1, -0.05) is 6.07 Å². The molecule has 1 aromatic carbocycles. The summed E-state index contributed by atoms with van der Waals surface area (Å²) < 4.78 is 10.3. The van der Waals surface area contributed by atoms with Gasteiger partial charge in [0.05, 0.1) is 26.3 Å². The summed E-state index contributed by atoms with van der Waals surface area (Å²) in [5.74, 6) is 0.736. The van der Waals surface area contributed by atoms with Gasteiger partial charge in [-0.05, 0) is 17.5 Å². The zero-order valence-corrected chi connectivity index (χ0v) is 12.1. The predicted molar refractivity (Wildman–Crippen MR) is 79.4 cm³/mol. The minimum absolute atomic E-state index is 0.239. The Hall–Kier alpha value is -2.21. The van der Waals surface area contributed by atoms with Crippen molar-refractivity contribution in [2.75, 3.05) is 20.0 Å². The first-order valence-electron chi connectivity index (χ1n) is 5.97. The van der Waals surface area contributed by atoms with Crippen LogP contribution in [0.3, 0.4) is 0 Å². The van der Waals surface area contributed by atoms with Gasteiger partial charge in [0.25, 0.3) is 5.91 Å². The van der Waals surface area contributed by atoms with Crippen LogP contribution < -0.4 is 20.5 Å². The molecule has 1 aromatic heterocycles. The fourth-order valence-corrected chi connectivity index (χ4v) is 2.41. The number of anilines is 1. The van der Waals surface area contributed by atoms with Gasteiger partial charge in [-0.2, -0.15) is 0 Å². The molecule has 106 valence electrons. The number of benzene rings is 1. The number of carbonyl (C=O) groups excluding carboxylic acids is 1. The first-order chi connectivity index (χ1) is 9.65. The summed E-state index contributed by atoms with van der Waals surface area (Å²) in [7, 11) is 3.04. The number of nitrogens with two attached hydrogens (primary N) is 1. The quantitative estimate of drug-likeness (QED) is 0.829. The lowest BCUT2D eigenvalue weighted by Crippen LogP contribution is -2.23. The van der Waals surface area contributed by atoms with Crippen LogP contribution in [0.2, 0.25) is 0 Å². The average Bonchev–Trinajstić information content (AvgIpc) is 2.97. The third-order valence-corrected chi connectivity index (χ3v) is 3.68. The number of methoxy groups -OCH3 is 2. The van der Waals surface area contributed by atoms with E-state index >= 15 is 0 Å². The van der Waals surface area contributed by atoms with Crippen molar-refractivity contribution in [3.05, 3.63) is 40.1 Å². The normalized spacial score (nSPS) is 10.1. The molecule has 0 atom stereocenters. The molecule has 5 nitrogen and oxygen atoms in total. The van der Waals surface area contributed by atoms with Crippen LogP contribution in [0, 0.1) is 0 Å². The number of ether oxygens (including phenoxy) is 2. The summed E-state index contributed by atoms with van der Waals surface area (Å²) >= 11 is 1.59. The lowest BCUT2D eigenvalue weighted by molar-refractivity contribution is 0.0952. The van der Waals surface area contributed by atoms with Crippen LogP contribution in [0.5, 0.6) is 11.5 Å². The van der Waals surface area contributed by atoms with Crippen molar-refractivity contribution in [3.63, 3.8) is 0 Å². The molecule has 2 aromatic rings. The van der Waals surface area contributed by atoms with Crippen LogP contribution in [0.15, 0.2) is 29.6 Å². The van der Waals surface area contributed by atoms with E-state index in [2.05, 4.69) is 5.32 Å². The van der Waals surface area contributed by atoms with Crippen molar-refractivity contribution in [2.45, 2.75) is 6.54 Å². The number of thiophene rings is 1. The summed E-state index contributed by atoms with van der Waals surface area (Å²) in [5, 5.41) is 4.79. The third kappa shape index (κ3) is 3.03. The highest BCUT2D eigenvalue weighted by molar-refractivity contribution is 7.09. The van der Waals surface area contributed by atoms with E-state index in [0.717, 1.165) is 4.88 Å². The molecule has 1 heterocycles. The van der Waals surface area contributed by atoms with Crippen molar-refractivity contribution in [3.8, 4) is 11.5 Å². The maximum atomic E-state index is 12.1. The molecular weight excluding hydrogens is 276 g/mol. The second kappa shape index (κ2) is 6.29. The van der Waals surface area contributed by atoms with Crippen molar-refractivity contribution >= 4 is 22.9 Å². The first-order valence-corrected chi connectivity index (χ1v) is 6.85. The molecule has 0 spiro atoms. The predicted octanol–water partition coefficient (Wildman–Crippen LogP) is 2.28. The van der Waals surface area contributed by atoms with E-state index in [1.807, 2.05) is 17.5 Å². The third-order valence-electron chi connectivity index (χ3n) is 2.80. The van der Waals surface area contributed by atoms with Crippen molar-refractivity contribution in [1.82, 2.24) is 5.32 Å². The molecule has 0 aliphatic rings. The zero-order valence-electron chi connectivity index (χ0n) is 11.3. The summed E-state index contributed by atoms with van der Waals surface area (Å²) in [6.45, 7) is 0.476. The maximum absolute atomic E-state index is 12.1. The largest absolute Gasteiger partial charge is 0.493 e. The number of carbonyl (C=O) groups is 1. The lowest BCUT2D eigenvalue weighted by Gasteiger charge is -2.12. The molecule has 0 saturated heterocycles. The number of hydrogen-bond donors (Lipinski definition) is 2. The molecule has 0 aliphatic carbocycles. The van der Waals surface area contributed by atoms with E-state index in [9.17, 15) is 4.79 Å².